The number of hydrogen-bond donors (Lipinski definition) is 2. The Kier molecular flexibility index (Phi) is 5.68. The summed E-state index contributed by atoms with van der Waals surface area (Å²) >= 11 is 13.0. The van der Waals surface area contributed by atoms with Gasteiger partial charge in [-0.15, -0.1) is 12.4 Å². The van der Waals surface area contributed by atoms with Crippen LogP contribution < -0.4 is 5.73 Å². The van der Waals surface area contributed by atoms with Crippen molar-refractivity contribution in [3.8, 4) is 0 Å². The molecule has 3 nitrogen and oxygen atoms in total. The Morgan fingerprint density at radius 1 is 1.38 bits per heavy atom. The SMILES string of the molecule is CCCC12CCC(=O)C=C1c1c(cc(CC(=N)N)c(Cl)c1Cl)C2.Cl. The predicted octanol–water partition coefficient (Wildman–Crippen LogP) is 4.98. The lowest BCUT2D eigenvalue weighted by Crippen LogP contribution is -2.25. The first-order chi connectivity index (χ1) is 10.9. The van der Waals surface area contributed by atoms with E-state index in [1.165, 1.54) is 0 Å². The highest BCUT2D eigenvalue weighted by molar-refractivity contribution is 6.44. The normalized spacial score (nSPS) is 21.6. The minimum absolute atomic E-state index is 0. The molecule has 6 heteroatoms. The maximum absolute atomic E-state index is 12.0. The van der Waals surface area contributed by atoms with Gasteiger partial charge in [-0.1, -0.05) is 42.6 Å². The standard InChI is InChI=1S/C18H20Cl2N2O.ClH/c1-2-4-18-5-3-12(23)8-13(18)15-11(9-18)6-10(7-14(21)22)16(19)17(15)20;/h6,8H,2-5,7,9H2,1H3,(H3,21,22);1H. The molecule has 0 saturated heterocycles. The molecule has 2 aliphatic carbocycles. The van der Waals surface area contributed by atoms with Gasteiger partial charge in [0.25, 0.3) is 0 Å². The number of halogens is 3. The summed E-state index contributed by atoms with van der Waals surface area (Å²) < 4.78 is 0. The average Bonchev–Trinajstić information content (AvgIpc) is 2.78. The van der Waals surface area contributed by atoms with Crippen LogP contribution in [0.15, 0.2) is 12.1 Å². The number of nitrogens with one attached hydrogen (secondary N) is 1. The van der Waals surface area contributed by atoms with Crippen molar-refractivity contribution >= 4 is 52.8 Å². The zero-order valence-corrected chi connectivity index (χ0v) is 15.9. The van der Waals surface area contributed by atoms with Crippen molar-refractivity contribution in [1.82, 2.24) is 0 Å². The second kappa shape index (κ2) is 7.07. The van der Waals surface area contributed by atoms with Crippen molar-refractivity contribution in [3.05, 3.63) is 38.9 Å². The molecule has 1 aromatic rings. The van der Waals surface area contributed by atoms with E-state index in [-0.39, 0.29) is 29.4 Å². The van der Waals surface area contributed by atoms with Gasteiger partial charge >= 0.3 is 0 Å². The Morgan fingerprint density at radius 2 is 2.08 bits per heavy atom. The summed E-state index contributed by atoms with van der Waals surface area (Å²) in [5.74, 6) is 0.232. The van der Waals surface area contributed by atoms with Crippen LogP contribution >= 0.6 is 35.6 Å². The van der Waals surface area contributed by atoms with E-state index in [0.717, 1.165) is 47.9 Å². The van der Waals surface area contributed by atoms with Crippen LogP contribution in [-0.4, -0.2) is 11.6 Å². The molecule has 0 bridgehead atoms. The van der Waals surface area contributed by atoms with Crippen LogP contribution in [-0.2, 0) is 17.6 Å². The molecule has 0 radical (unpaired) electrons. The largest absolute Gasteiger partial charge is 0.387 e. The predicted molar refractivity (Wildman–Crippen MR) is 103 cm³/mol. The minimum atomic E-state index is 0. The third kappa shape index (κ3) is 3.10. The molecule has 1 unspecified atom stereocenters. The number of carbonyl (C=O) groups excluding carboxylic acids is 1. The molecule has 1 atom stereocenters. The fraction of sp³-hybridized carbons (Fsp3) is 0.444. The summed E-state index contributed by atoms with van der Waals surface area (Å²) in [6.07, 6.45) is 6.53. The molecule has 24 heavy (non-hydrogen) atoms. The summed E-state index contributed by atoms with van der Waals surface area (Å²) in [6.45, 7) is 2.17. The van der Waals surface area contributed by atoms with Crippen LogP contribution in [0.5, 0.6) is 0 Å². The molecule has 0 heterocycles. The first-order valence-corrected chi connectivity index (χ1v) is 8.71. The van der Waals surface area contributed by atoms with Crippen LogP contribution in [0.2, 0.25) is 10.0 Å². The minimum Gasteiger partial charge on any atom is -0.387 e. The van der Waals surface area contributed by atoms with Gasteiger partial charge in [-0.25, -0.2) is 0 Å². The highest BCUT2D eigenvalue weighted by Crippen LogP contribution is 2.57. The summed E-state index contributed by atoms with van der Waals surface area (Å²) in [6, 6.07) is 2.02. The molecule has 0 spiro atoms. The van der Waals surface area contributed by atoms with Crippen LogP contribution in [0, 0.1) is 10.8 Å². The molecule has 0 fully saturated rings. The van der Waals surface area contributed by atoms with E-state index >= 15 is 0 Å². The molecule has 0 saturated carbocycles. The molecule has 3 rings (SSSR count). The van der Waals surface area contributed by atoms with Crippen molar-refractivity contribution in [2.24, 2.45) is 11.1 Å². The third-order valence-corrected chi connectivity index (χ3v) is 5.90. The topological polar surface area (TPSA) is 66.9 Å². The first kappa shape index (κ1) is 19.3. The highest BCUT2D eigenvalue weighted by atomic mass is 35.5. The van der Waals surface area contributed by atoms with Crippen molar-refractivity contribution in [1.29, 1.82) is 5.41 Å². The van der Waals surface area contributed by atoms with Crippen LogP contribution in [0.3, 0.4) is 0 Å². The zero-order valence-electron chi connectivity index (χ0n) is 13.5. The molecule has 0 aliphatic heterocycles. The Labute approximate surface area is 158 Å². The lowest BCUT2D eigenvalue weighted by atomic mass is 9.70. The van der Waals surface area contributed by atoms with Crippen molar-refractivity contribution < 1.29 is 4.79 Å². The van der Waals surface area contributed by atoms with Gasteiger partial charge < -0.3 is 5.73 Å². The van der Waals surface area contributed by atoms with E-state index in [2.05, 4.69) is 6.92 Å². The van der Waals surface area contributed by atoms with E-state index in [1.807, 2.05) is 6.07 Å². The van der Waals surface area contributed by atoms with Gasteiger partial charge in [0.2, 0.25) is 0 Å². The number of allylic oxidation sites excluding steroid dienone is 2. The molecule has 3 N–H and O–H groups in total. The second-order valence-corrected chi connectivity index (χ2v) is 7.39. The molecular weight excluding hydrogens is 367 g/mol. The van der Waals surface area contributed by atoms with Gasteiger partial charge in [-0.05, 0) is 42.0 Å². The fourth-order valence-corrected chi connectivity index (χ4v) is 4.66. The van der Waals surface area contributed by atoms with E-state index in [4.69, 9.17) is 34.3 Å². The lowest BCUT2D eigenvalue weighted by Gasteiger charge is -2.33. The Morgan fingerprint density at radius 3 is 2.71 bits per heavy atom. The van der Waals surface area contributed by atoms with Crippen molar-refractivity contribution in [2.45, 2.75) is 45.4 Å². The van der Waals surface area contributed by atoms with Crippen molar-refractivity contribution in [3.63, 3.8) is 0 Å². The Bertz CT molecular complexity index is 742. The maximum Gasteiger partial charge on any atom is 0.156 e. The zero-order chi connectivity index (χ0) is 16.8. The molecule has 0 amide bonds. The number of hydrogen-bond acceptors (Lipinski definition) is 2. The molecule has 0 aromatic heterocycles. The summed E-state index contributed by atoms with van der Waals surface area (Å²) in [7, 11) is 0. The highest BCUT2D eigenvalue weighted by Gasteiger charge is 2.45. The van der Waals surface area contributed by atoms with E-state index in [0.29, 0.717) is 22.9 Å². The summed E-state index contributed by atoms with van der Waals surface area (Å²) in [5, 5.41) is 8.46. The van der Waals surface area contributed by atoms with E-state index in [1.54, 1.807) is 6.08 Å². The molecular formula is C18H21Cl3N2O. The number of amidine groups is 1. The summed E-state index contributed by atoms with van der Waals surface area (Å²) in [4.78, 5) is 12.0. The Balaban J connectivity index is 0.00000208. The first-order valence-electron chi connectivity index (χ1n) is 7.96. The van der Waals surface area contributed by atoms with Gasteiger partial charge in [-0.2, -0.15) is 0 Å². The monoisotopic (exact) mass is 386 g/mol. The van der Waals surface area contributed by atoms with Gasteiger partial charge in [0.1, 0.15) is 0 Å². The number of nitrogens with two attached hydrogens (primary N) is 1. The third-order valence-electron chi connectivity index (χ3n) is 5.00. The van der Waals surface area contributed by atoms with Crippen LogP contribution in [0.1, 0.15) is 49.3 Å². The number of rotatable bonds is 4. The Hall–Kier alpha value is -1.03. The number of fused-ring (bicyclic) bond motifs is 3. The van der Waals surface area contributed by atoms with Crippen LogP contribution in [0.25, 0.3) is 5.57 Å². The van der Waals surface area contributed by atoms with Gasteiger partial charge in [0.05, 0.1) is 15.9 Å². The number of benzene rings is 1. The average molecular weight is 388 g/mol. The van der Waals surface area contributed by atoms with E-state index < -0.39 is 0 Å². The molecule has 1 aromatic carbocycles. The summed E-state index contributed by atoms with van der Waals surface area (Å²) in [5.41, 5.74) is 9.45. The lowest BCUT2D eigenvalue weighted by molar-refractivity contribution is -0.115. The van der Waals surface area contributed by atoms with Gasteiger partial charge in [0, 0.05) is 23.8 Å². The van der Waals surface area contributed by atoms with Gasteiger partial charge in [0.15, 0.2) is 5.78 Å². The van der Waals surface area contributed by atoms with Crippen LogP contribution in [0.4, 0.5) is 0 Å². The molecule has 130 valence electrons. The fourth-order valence-electron chi connectivity index (χ4n) is 4.10. The molecule has 2 aliphatic rings. The van der Waals surface area contributed by atoms with Crippen molar-refractivity contribution in [2.75, 3.05) is 0 Å². The van der Waals surface area contributed by atoms with Gasteiger partial charge in [-0.3, -0.25) is 10.2 Å². The number of carbonyl (C=O) groups is 1. The van der Waals surface area contributed by atoms with E-state index in [9.17, 15) is 4.79 Å². The smallest absolute Gasteiger partial charge is 0.156 e. The number of ketones is 1. The quantitative estimate of drug-likeness (QED) is 0.565. The maximum atomic E-state index is 12.0. The second-order valence-electron chi connectivity index (χ2n) is 6.63.